The standard InChI is InChI=1S/C21H20FN5O4S3/c22-15-4-3-5-16(12-15)23-18(28)13-32-21-26-25-20(33-21)24-19(29)14-6-8-17(9-7-14)34(30,31)27-10-1-2-11-27/h3-9,12H,1-2,10-11,13H2,(H,23,28)(H,24,25,29). The number of nitrogens with one attached hydrogen (secondary N) is 2. The monoisotopic (exact) mass is 521 g/mol. The Morgan fingerprint density at radius 2 is 1.79 bits per heavy atom. The van der Waals surface area contributed by atoms with Gasteiger partial charge in [-0.25, -0.2) is 12.8 Å². The van der Waals surface area contributed by atoms with Crippen molar-refractivity contribution < 1.29 is 22.4 Å². The number of carbonyl (C=O) groups is 2. The van der Waals surface area contributed by atoms with E-state index in [1.54, 1.807) is 6.07 Å². The second-order valence-corrected chi connectivity index (χ2v) is 11.4. The van der Waals surface area contributed by atoms with Gasteiger partial charge in [-0.2, -0.15) is 4.31 Å². The van der Waals surface area contributed by atoms with E-state index in [-0.39, 0.29) is 27.3 Å². The van der Waals surface area contributed by atoms with Gasteiger partial charge in [0.1, 0.15) is 5.82 Å². The van der Waals surface area contributed by atoms with Crippen LogP contribution in [-0.4, -0.2) is 53.6 Å². The predicted octanol–water partition coefficient (Wildman–Crippen LogP) is 3.44. The third kappa shape index (κ3) is 5.97. The first-order valence-corrected chi connectivity index (χ1v) is 13.5. The van der Waals surface area contributed by atoms with E-state index in [1.165, 1.54) is 46.8 Å². The van der Waals surface area contributed by atoms with Gasteiger partial charge in [-0.15, -0.1) is 10.2 Å². The fourth-order valence-corrected chi connectivity index (χ4v) is 6.30. The lowest BCUT2D eigenvalue weighted by atomic mass is 10.2. The van der Waals surface area contributed by atoms with Crippen molar-refractivity contribution in [3.63, 3.8) is 0 Å². The predicted molar refractivity (Wildman–Crippen MR) is 128 cm³/mol. The van der Waals surface area contributed by atoms with Gasteiger partial charge < -0.3 is 5.32 Å². The molecule has 2 amide bonds. The van der Waals surface area contributed by atoms with E-state index >= 15 is 0 Å². The zero-order valence-corrected chi connectivity index (χ0v) is 20.2. The largest absolute Gasteiger partial charge is 0.325 e. The molecule has 0 radical (unpaired) electrons. The minimum Gasteiger partial charge on any atom is -0.325 e. The van der Waals surface area contributed by atoms with Gasteiger partial charge in [-0.05, 0) is 55.3 Å². The highest BCUT2D eigenvalue weighted by atomic mass is 32.2. The number of amides is 2. The Morgan fingerprint density at radius 3 is 2.50 bits per heavy atom. The van der Waals surface area contributed by atoms with Crippen molar-refractivity contribution >= 4 is 55.8 Å². The third-order valence-electron chi connectivity index (χ3n) is 4.88. The smallest absolute Gasteiger partial charge is 0.257 e. The van der Waals surface area contributed by atoms with Gasteiger partial charge in [0.15, 0.2) is 4.34 Å². The van der Waals surface area contributed by atoms with Crippen LogP contribution in [0.5, 0.6) is 0 Å². The van der Waals surface area contributed by atoms with Crippen LogP contribution in [0, 0.1) is 5.82 Å². The van der Waals surface area contributed by atoms with Crippen LogP contribution in [0.25, 0.3) is 0 Å². The van der Waals surface area contributed by atoms with Gasteiger partial charge in [0.05, 0.1) is 10.6 Å². The number of benzene rings is 2. The zero-order chi connectivity index (χ0) is 24.1. The van der Waals surface area contributed by atoms with Crippen LogP contribution in [-0.2, 0) is 14.8 Å². The van der Waals surface area contributed by atoms with Crippen molar-refractivity contribution in [3.05, 3.63) is 59.9 Å². The summed E-state index contributed by atoms with van der Waals surface area (Å²) >= 11 is 2.23. The minimum atomic E-state index is -3.54. The van der Waals surface area contributed by atoms with E-state index in [9.17, 15) is 22.4 Å². The summed E-state index contributed by atoms with van der Waals surface area (Å²) in [5.74, 6) is -1.20. The van der Waals surface area contributed by atoms with Crippen LogP contribution in [0.3, 0.4) is 0 Å². The third-order valence-corrected chi connectivity index (χ3v) is 8.77. The molecule has 9 nitrogen and oxygen atoms in total. The van der Waals surface area contributed by atoms with Gasteiger partial charge in [0.25, 0.3) is 5.91 Å². The van der Waals surface area contributed by atoms with Crippen LogP contribution in [0.2, 0.25) is 0 Å². The number of carbonyl (C=O) groups excluding carboxylic acids is 2. The second kappa shape index (κ2) is 10.6. The fraction of sp³-hybridized carbons (Fsp3) is 0.238. The Hall–Kier alpha value is -2.87. The van der Waals surface area contributed by atoms with Gasteiger partial charge in [-0.3, -0.25) is 14.9 Å². The van der Waals surface area contributed by atoms with E-state index in [0.717, 1.165) is 35.9 Å². The molecule has 0 unspecified atom stereocenters. The number of halogens is 1. The highest BCUT2D eigenvalue weighted by Crippen LogP contribution is 2.26. The molecule has 3 aromatic rings. The molecule has 1 saturated heterocycles. The maximum absolute atomic E-state index is 13.2. The summed E-state index contributed by atoms with van der Waals surface area (Å²) in [6.45, 7) is 1.02. The van der Waals surface area contributed by atoms with Crippen molar-refractivity contribution in [2.24, 2.45) is 0 Å². The van der Waals surface area contributed by atoms with Crippen LogP contribution in [0.1, 0.15) is 23.2 Å². The molecule has 2 heterocycles. The molecule has 1 aliphatic rings. The molecule has 0 saturated carbocycles. The number of nitrogens with zero attached hydrogens (tertiary/aromatic N) is 3. The molecule has 0 aliphatic carbocycles. The molecule has 1 aromatic heterocycles. The summed E-state index contributed by atoms with van der Waals surface area (Å²) in [5, 5.41) is 13.3. The molecule has 2 N–H and O–H groups in total. The Bertz CT molecular complexity index is 1290. The lowest BCUT2D eigenvalue weighted by Crippen LogP contribution is -2.27. The fourth-order valence-electron chi connectivity index (χ4n) is 3.23. The highest BCUT2D eigenvalue weighted by Gasteiger charge is 2.27. The van der Waals surface area contributed by atoms with E-state index < -0.39 is 21.7 Å². The maximum atomic E-state index is 13.2. The molecular weight excluding hydrogens is 501 g/mol. The van der Waals surface area contributed by atoms with Gasteiger partial charge >= 0.3 is 0 Å². The molecule has 34 heavy (non-hydrogen) atoms. The Morgan fingerprint density at radius 1 is 1.06 bits per heavy atom. The van der Waals surface area contributed by atoms with Crippen molar-refractivity contribution in [1.29, 1.82) is 0 Å². The van der Waals surface area contributed by atoms with Crippen molar-refractivity contribution in [2.45, 2.75) is 22.1 Å². The summed E-state index contributed by atoms with van der Waals surface area (Å²) in [7, 11) is -3.54. The molecule has 0 atom stereocenters. The Kier molecular flexibility index (Phi) is 7.56. The number of aromatic nitrogens is 2. The number of anilines is 2. The van der Waals surface area contributed by atoms with Crippen LogP contribution in [0.15, 0.2) is 57.8 Å². The number of hydrogen-bond acceptors (Lipinski definition) is 8. The SMILES string of the molecule is O=C(CSc1nnc(NC(=O)c2ccc(S(=O)(=O)N3CCCC3)cc2)s1)Nc1cccc(F)c1. The van der Waals surface area contributed by atoms with Gasteiger partial charge in [0, 0.05) is 24.3 Å². The Balaban J connectivity index is 1.30. The molecule has 1 aliphatic heterocycles. The molecule has 0 bridgehead atoms. The van der Waals surface area contributed by atoms with E-state index in [2.05, 4.69) is 20.8 Å². The molecule has 1 fully saturated rings. The second-order valence-electron chi connectivity index (χ2n) is 7.31. The normalized spacial score (nSPS) is 14.1. The van der Waals surface area contributed by atoms with Crippen molar-refractivity contribution in [1.82, 2.24) is 14.5 Å². The van der Waals surface area contributed by atoms with E-state index in [1.807, 2.05) is 0 Å². The number of sulfonamides is 1. The molecule has 13 heteroatoms. The summed E-state index contributed by atoms with van der Waals surface area (Å²) in [4.78, 5) is 24.7. The topological polar surface area (TPSA) is 121 Å². The summed E-state index contributed by atoms with van der Waals surface area (Å²) in [6, 6.07) is 11.3. The van der Waals surface area contributed by atoms with Crippen molar-refractivity contribution in [3.8, 4) is 0 Å². The summed E-state index contributed by atoms with van der Waals surface area (Å²) < 4.78 is 40.3. The van der Waals surface area contributed by atoms with Crippen molar-refractivity contribution in [2.75, 3.05) is 29.5 Å². The zero-order valence-electron chi connectivity index (χ0n) is 17.7. The lowest BCUT2D eigenvalue weighted by Gasteiger charge is -2.15. The van der Waals surface area contributed by atoms with E-state index in [0.29, 0.717) is 23.1 Å². The molecule has 4 rings (SSSR count). The molecule has 0 spiro atoms. The first-order chi connectivity index (χ1) is 16.3. The first kappa shape index (κ1) is 24.3. The first-order valence-electron chi connectivity index (χ1n) is 10.2. The Labute approximate surface area is 203 Å². The average Bonchev–Trinajstić information content (AvgIpc) is 3.51. The molecule has 2 aromatic carbocycles. The van der Waals surface area contributed by atoms with Crippen LogP contribution >= 0.6 is 23.1 Å². The molecular formula is C21H20FN5O4S3. The van der Waals surface area contributed by atoms with E-state index in [4.69, 9.17) is 0 Å². The average molecular weight is 522 g/mol. The highest BCUT2D eigenvalue weighted by molar-refractivity contribution is 8.01. The number of hydrogen-bond donors (Lipinski definition) is 2. The number of rotatable bonds is 8. The van der Waals surface area contributed by atoms with Crippen LogP contribution in [0.4, 0.5) is 15.2 Å². The quantitative estimate of drug-likeness (QED) is 0.344. The minimum absolute atomic E-state index is 0.0338. The number of thioether (sulfide) groups is 1. The van der Waals surface area contributed by atoms with Gasteiger partial charge in [0.2, 0.25) is 21.1 Å². The van der Waals surface area contributed by atoms with Crippen LogP contribution < -0.4 is 10.6 Å². The van der Waals surface area contributed by atoms with Gasteiger partial charge in [-0.1, -0.05) is 29.2 Å². The summed E-state index contributed by atoms with van der Waals surface area (Å²) in [6.07, 6.45) is 1.69. The maximum Gasteiger partial charge on any atom is 0.257 e. The molecule has 178 valence electrons. The lowest BCUT2D eigenvalue weighted by molar-refractivity contribution is -0.113. The summed E-state index contributed by atoms with van der Waals surface area (Å²) in [5.41, 5.74) is 0.634.